The van der Waals surface area contributed by atoms with Crippen LogP contribution in [0.25, 0.3) is 28.2 Å². The lowest BCUT2D eigenvalue weighted by Gasteiger charge is -2.10. The molecule has 2 aromatic carbocycles. The molecule has 0 saturated heterocycles. The Kier molecular flexibility index (Phi) is 3.54. The van der Waals surface area contributed by atoms with Crippen LogP contribution in [0.15, 0.2) is 60.8 Å². The van der Waals surface area contributed by atoms with E-state index in [0.29, 0.717) is 33.8 Å². The normalized spacial score (nSPS) is 10.9. The van der Waals surface area contributed by atoms with E-state index in [4.69, 9.17) is 5.73 Å². The highest BCUT2D eigenvalue weighted by atomic mass is 16.3. The van der Waals surface area contributed by atoms with Crippen molar-refractivity contribution in [2.45, 2.75) is 0 Å². The van der Waals surface area contributed by atoms with Gasteiger partial charge < -0.3 is 15.9 Å². The number of fused-ring (bicyclic) bond motifs is 1. The van der Waals surface area contributed by atoms with Gasteiger partial charge in [0, 0.05) is 23.5 Å². The second-order valence-corrected chi connectivity index (χ2v) is 5.73. The minimum Gasteiger partial charge on any atom is -0.508 e. The van der Waals surface area contributed by atoms with Gasteiger partial charge in [0.05, 0.1) is 5.56 Å². The summed E-state index contributed by atoms with van der Waals surface area (Å²) in [5.74, 6) is -0.197. The summed E-state index contributed by atoms with van der Waals surface area (Å²) in [6.45, 7) is 0. The van der Waals surface area contributed by atoms with Crippen LogP contribution in [-0.4, -0.2) is 30.7 Å². The number of aromatic nitrogens is 3. The van der Waals surface area contributed by atoms with Gasteiger partial charge in [-0.15, -0.1) is 0 Å². The number of nitrogens with two attached hydrogens (primary N) is 1. The Morgan fingerprint density at radius 2 is 1.81 bits per heavy atom. The van der Waals surface area contributed by atoms with Gasteiger partial charge >= 0.3 is 0 Å². The summed E-state index contributed by atoms with van der Waals surface area (Å²) in [4.78, 5) is 20.3. The summed E-state index contributed by atoms with van der Waals surface area (Å²) in [6, 6.07) is 14.6. The molecule has 0 aliphatic carbocycles. The van der Waals surface area contributed by atoms with Crippen molar-refractivity contribution in [3.63, 3.8) is 0 Å². The number of benzene rings is 2. The Hall–Kier alpha value is -3.87. The molecule has 2 heterocycles. The Morgan fingerprint density at radius 3 is 2.50 bits per heavy atom. The van der Waals surface area contributed by atoms with E-state index < -0.39 is 5.91 Å². The number of aromatic hydroxyl groups is 2. The van der Waals surface area contributed by atoms with Crippen molar-refractivity contribution in [2.75, 3.05) is 0 Å². The average molecular weight is 346 g/mol. The highest BCUT2D eigenvalue weighted by molar-refractivity contribution is 5.93. The maximum atomic E-state index is 11.3. The zero-order valence-corrected chi connectivity index (χ0v) is 13.5. The number of hydrogen-bond donors (Lipinski definition) is 3. The molecular formula is C19H14N4O3. The van der Waals surface area contributed by atoms with E-state index in [-0.39, 0.29) is 11.5 Å². The Balaban J connectivity index is 1.99. The summed E-state index contributed by atoms with van der Waals surface area (Å²) >= 11 is 0. The minimum absolute atomic E-state index is 0.0437. The number of hydrogen-bond acceptors (Lipinski definition) is 5. The van der Waals surface area contributed by atoms with E-state index in [1.807, 2.05) is 6.07 Å². The van der Waals surface area contributed by atoms with Crippen molar-refractivity contribution >= 4 is 17.1 Å². The van der Waals surface area contributed by atoms with Gasteiger partial charge in [-0.3, -0.25) is 9.36 Å². The molecule has 0 bridgehead atoms. The number of primary amides is 1. The number of phenols is 2. The first-order valence-corrected chi connectivity index (χ1v) is 7.80. The van der Waals surface area contributed by atoms with Gasteiger partial charge in [-0.2, -0.15) is 0 Å². The largest absolute Gasteiger partial charge is 0.508 e. The fraction of sp³-hybridized carbons (Fsp3) is 0. The maximum Gasteiger partial charge on any atom is 0.248 e. The number of phenolic OH excluding ortho intramolecular Hbond substituents is 2. The van der Waals surface area contributed by atoms with Crippen LogP contribution in [-0.2, 0) is 0 Å². The molecule has 0 spiro atoms. The number of pyridine rings is 1. The molecule has 128 valence electrons. The van der Waals surface area contributed by atoms with E-state index in [1.54, 1.807) is 47.2 Å². The Morgan fingerprint density at radius 1 is 1.04 bits per heavy atom. The molecule has 0 radical (unpaired) electrons. The molecule has 1 amide bonds. The molecule has 4 N–H and O–H groups in total. The third kappa shape index (κ3) is 2.51. The smallest absolute Gasteiger partial charge is 0.248 e. The molecule has 2 aromatic heterocycles. The van der Waals surface area contributed by atoms with Crippen LogP contribution in [0, 0.1) is 0 Å². The van der Waals surface area contributed by atoms with Crippen LogP contribution in [0.2, 0.25) is 0 Å². The summed E-state index contributed by atoms with van der Waals surface area (Å²) in [5, 5.41) is 19.8. The molecule has 4 aromatic rings. The molecule has 0 fully saturated rings. The van der Waals surface area contributed by atoms with Crippen LogP contribution in [0.5, 0.6) is 11.5 Å². The minimum atomic E-state index is -0.512. The Bertz CT molecular complexity index is 1130. The van der Waals surface area contributed by atoms with Crippen LogP contribution < -0.4 is 5.73 Å². The quantitative estimate of drug-likeness (QED) is 0.527. The molecular weight excluding hydrogens is 332 g/mol. The molecule has 7 nitrogen and oxygen atoms in total. The fourth-order valence-corrected chi connectivity index (χ4v) is 2.82. The maximum absolute atomic E-state index is 11.3. The first-order valence-electron chi connectivity index (χ1n) is 7.80. The summed E-state index contributed by atoms with van der Waals surface area (Å²) in [7, 11) is 0. The van der Waals surface area contributed by atoms with Crippen molar-refractivity contribution in [3.8, 4) is 28.6 Å². The molecule has 26 heavy (non-hydrogen) atoms. The van der Waals surface area contributed by atoms with E-state index >= 15 is 0 Å². The number of imidazole rings is 1. The van der Waals surface area contributed by atoms with Crippen molar-refractivity contribution < 1.29 is 15.0 Å². The molecule has 0 unspecified atom stereocenters. The summed E-state index contributed by atoms with van der Waals surface area (Å²) in [5.41, 5.74) is 8.09. The molecule has 4 rings (SSSR count). The van der Waals surface area contributed by atoms with Crippen LogP contribution in [0.3, 0.4) is 0 Å². The lowest BCUT2D eigenvalue weighted by atomic mass is 10.1. The van der Waals surface area contributed by atoms with Crippen molar-refractivity contribution in [2.24, 2.45) is 5.73 Å². The van der Waals surface area contributed by atoms with E-state index in [2.05, 4.69) is 9.97 Å². The predicted octanol–water partition coefficient (Wildman–Crippen LogP) is 2.60. The predicted molar refractivity (Wildman–Crippen MR) is 96.1 cm³/mol. The lowest BCUT2D eigenvalue weighted by Crippen LogP contribution is -2.10. The van der Waals surface area contributed by atoms with Gasteiger partial charge in [0.2, 0.25) is 5.91 Å². The molecule has 0 atom stereocenters. The second-order valence-electron chi connectivity index (χ2n) is 5.73. The number of carbonyl (C=O) groups excluding carboxylic acids is 1. The molecule has 0 aliphatic heterocycles. The fourth-order valence-electron chi connectivity index (χ4n) is 2.82. The van der Waals surface area contributed by atoms with Gasteiger partial charge in [0.15, 0.2) is 11.5 Å². The van der Waals surface area contributed by atoms with Gasteiger partial charge in [0.25, 0.3) is 0 Å². The number of nitrogens with zero attached hydrogens (tertiary/aromatic N) is 3. The highest BCUT2D eigenvalue weighted by Gasteiger charge is 2.18. The molecule has 0 aliphatic rings. The van der Waals surface area contributed by atoms with Gasteiger partial charge in [0.1, 0.15) is 17.0 Å². The zero-order valence-electron chi connectivity index (χ0n) is 13.5. The van der Waals surface area contributed by atoms with Crippen molar-refractivity contribution in [1.29, 1.82) is 0 Å². The number of carbonyl (C=O) groups is 1. The van der Waals surface area contributed by atoms with E-state index in [0.717, 1.165) is 0 Å². The lowest BCUT2D eigenvalue weighted by molar-refractivity contribution is 0.100. The number of rotatable bonds is 3. The van der Waals surface area contributed by atoms with Gasteiger partial charge in [-0.1, -0.05) is 0 Å². The van der Waals surface area contributed by atoms with E-state index in [9.17, 15) is 15.0 Å². The van der Waals surface area contributed by atoms with Crippen LogP contribution in [0.1, 0.15) is 10.4 Å². The van der Waals surface area contributed by atoms with Gasteiger partial charge in [-0.25, -0.2) is 9.97 Å². The topological polar surface area (TPSA) is 114 Å². The Labute approximate surface area is 148 Å². The standard InChI is InChI=1S/C19H14N4O3/c20-17(26)11-3-5-12(6-4-11)23-18(14-8-7-13(24)10-16(14)25)22-15-2-1-9-21-19(15)23/h1-10,24-25H,(H2,20,26). The van der Waals surface area contributed by atoms with E-state index in [1.165, 1.54) is 12.1 Å². The monoisotopic (exact) mass is 346 g/mol. The van der Waals surface area contributed by atoms with Crippen LogP contribution >= 0.6 is 0 Å². The highest BCUT2D eigenvalue weighted by Crippen LogP contribution is 2.34. The SMILES string of the molecule is NC(=O)c1ccc(-n2c(-c3ccc(O)cc3O)nc3cccnc32)cc1. The average Bonchev–Trinajstić information content (AvgIpc) is 3.01. The third-order valence-corrected chi connectivity index (χ3v) is 4.05. The first-order chi connectivity index (χ1) is 12.5. The van der Waals surface area contributed by atoms with Crippen molar-refractivity contribution in [1.82, 2.24) is 14.5 Å². The van der Waals surface area contributed by atoms with Gasteiger partial charge in [-0.05, 0) is 48.5 Å². The second kappa shape index (κ2) is 5.89. The zero-order chi connectivity index (χ0) is 18.3. The summed E-state index contributed by atoms with van der Waals surface area (Å²) < 4.78 is 1.77. The van der Waals surface area contributed by atoms with Crippen molar-refractivity contribution in [3.05, 3.63) is 66.4 Å². The molecule has 0 saturated carbocycles. The molecule has 7 heteroatoms. The summed E-state index contributed by atoms with van der Waals surface area (Å²) in [6.07, 6.45) is 1.65. The van der Waals surface area contributed by atoms with Crippen LogP contribution in [0.4, 0.5) is 0 Å². The third-order valence-electron chi connectivity index (χ3n) is 4.05. The first kappa shape index (κ1) is 15.6. The number of amides is 1.